The van der Waals surface area contributed by atoms with Crippen molar-refractivity contribution >= 4 is 23.1 Å². The first-order valence-electron chi connectivity index (χ1n) is 5.64. The first-order valence-corrected chi connectivity index (χ1v) is 5.64. The predicted octanol–water partition coefficient (Wildman–Crippen LogP) is -0.235. The van der Waals surface area contributed by atoms with Crippen molar-refractivity contribution in [3.8, 4) is 0 Å². The summed E-state index contributed by atoms with van der Waals surface area (Å²) in [6, 6.07) is -0.304. The van der Waals surface area contributed by atoms with E-state index in [-0.39, 0.29) is 55.0 Å². The second-order valence-corrected chi connectivity index (χ2v) is 4.20. The van der Waals surface area contributed by atoms with Crippen molar-refractivity contribution in [1.29, 1.82) is 0 Å². The second-order valence-electron chi connectivity index (χ2n) is 4.20. The van der Waals surface area contributed by atoms with Crippen LogP contribution in [0.25, 0.3) is 0 Å². The average Bonchev–Trinajstić information content (AvgIpc) is 2.14. The molecular formula is C12H22N2O4. The fraction of sp³-hybridized carbons (Fsp3) is 0.667. The zero-order chi connectivity index (χ0) is 14.7. The molecule has 4 N–H and O–H groups in total. The lowest BCUT2D eigenvalue weighted by atomic mass is 10.1. The van der Waals surface area contributed by atoms with Gasteiger partial charge >= 0.3 is 0 Å². The van der Waals surface area contributed by atoms with Crippen LogP contribution >= 0.6 is 0 Å². The van der Waals surface area contributed by atoms with E-state index in [2.05, 4.69) is 0 Å². The monoisotopic (exact) mass is 258 g/mol. The van der Waals surface area contributed by atoms with Gasteiger partial charge in [0.2, 0.25) is 0 Å². The van der Waals surface area contributed by atoms with Gasteiger partial charge in [-0.15, -0.1) is 0 Å². The second kappa shape index (κ2) is 10.7. The van der Waals surface area contributed by atoms with Crippen LogP contribution in [-0.2, 0) is 19.2 Å². The zero-order valence-electron chi connectivity index (χ0n) is 11.2. The van der Waals surface area contributed by atoms with Gasteiger partial charge in [0.1, 0.15) is 23.1 Å². The van der Waals surface area contributed by atoms with Crippen molar-refractivity contribution in [1.82, 2.24) is 0 Å². The summed E-state index contributed by atoms with van der Waals surface area (Å²) in [6.45, 7) is 4.47. The number of hydrogen-bond acceptors (Lipinski definition) is 6. The van der Waals surface area contributed by atoms with E-state index in [4.69, 9.17) is 11.5 Å². The Morgan fingerprint density at radius 1 is 0.889 bits per heavy atom. The van der Waals surface area contributed by atoms with Crippen LogP contribution in [-0.4, -0.2) is 35.7 Å². The topological polar surface area (TPSA) is 120 Å². The largest absolute Gasteiger partial charge is 0.329 e. The quantitative estimate of drug-likeness (QED) is 0.608. The highest BCUT2D eigenvalue weighted by molar-refractivity contribution is 5.98. The highest BCUT2D eigenvalue weighted by Crippen LogP contribution is 1.93. The first-order chi connectivity index (χ1) is 8.18. The Kier molecular flexibility index (Phi) is 11.3. The minimum Gasteiger partial charge on any atom is -0.329 e. The molecule has 0 aliphatic carbocycles. The Morgan fingerprint density at radius 2 is 1.28 bits per heavy atom. The minimum atomic E-state index is -0.304. The SMILES string of the molecule is CC(=O)CC(=O)CC(N)CN.CC(=O)CC(C)=O. The van der Waals surface area contributed by atoms with Gasteiger partial charge < -0.3 is 11.5 Å². The molecule has 0 radical (unpaired) electrons. The van der Waals surface area contributed by atoms with Gasteiger partial charge in [-0.2, -0.15) is 0 Å². The van der Waals surface area contributed by atoms with Crippen molar-refractivity contribution < 1.29 is 19.2 Å². The molecule has 0 aliphatic heterocycles. The van der Waals surface area contributed by atoms with Crippen LogP contribution in [0, 0.1) is 0 Å². The van der Waals surface area contributed by atoms with Crippen molar-refractivity contribution in [2.75, 3.05) is 6.54 Å². The van der Waals surface area contributed by atoms with Gasteiger partial charge in [-0.05, 0) is 20.8 Å². The van der Waals surface area contributed by atoms with Crippen molar-refractivity contribution in [3.63, 3.8) is 0 Å². The van der Waals surface area contributed by atoms with E-state index < -0.39 is 0 Å². The molecule has 0 saturated carbocycles. The van der Waals surface area contributed by atoms with Crippen LogP contribution in [0.15, 0.2) is 0 Å². The molecule has 0 heterocycles. The van der Waals surface area contributed by atoms with E-state index in [9.17, 15) is 19.2 Å². The Balaban J connectivity index is 0. The Labute approximate surface area is 107 Å². The number of carbonyl (C=O) groups excluding carboxylic acids is 4. The van der Waals surface area contributed by atoms with Gasteiger partial charge in [0, 0.05) is 19.0 Å². The van der Waals surface area contributed by atoms with Gasteiger partial charge in [0.05, 0.1) is 12.8 Å². The average molecular weight is 258 g/mol. The molecule has 1 unspecified atom stereocenters. The van der Waals surface area contributed by atoms with Gasteiger partial charge in [-0.3, -0.25) is 19.2 Å². The van der Waals surface area contributed by atoms with Crippen molar-refractivity contribution in [2.45, 2.75) is 46.1 Å². The molecule has 18 heavy (non-hydrogen) atoms. The normalized spacial score (nSPS) is 10.9. The molecule has 0 bridgehead atoms. The standard InChI is InChI=1S/C7H14N2O2.C5H8O2/c1-5(10)2-7(11)3-6(9)4-8;1-4(6)3-5(2)7/h6H,2-4,8-9H2,1H3;3H2,1-2H3. The summed E-state index contributed by atoms with van der Waals surface area (Å²) in [5.74, 6) is -0.380. The number of carbonyl (C=O) groups is 4. The maximum Gasteiger partial charge on any atom is 0.141 e. The van der Waals surface area contributed by atoms with Gasteiger partial charge in [0.25, 0.3) is 0 Å². The molecular weight excluding hydrogens is 236 g/mol. The summed E-state index contributed by atoms with van der Waals surface area (Å²) in [5, 5.41) is 0. The summed E-state index contributed by atoms with van der Waals surface area (Å²) in [4.78, 5) is 41.4. The van der Waals surface area contributed by atoms with E-state index in [0.717, 1.165) is 0 Å². The number of rotatable bonds is 7. The Bertz CT molecular complexity index is 301. The number of nitrogens with two attached hydrogens (primary N) is 2. The van der Waals surface area contributed by atoms with Crippen LogP contribution in [0.5, 0.6) is 0 Å². The van der Waals surface area contributed by atoms with Gasteiger partial charge in [0.15, 0.2) is 0 Å². The van der Waals surface area contributed by atoms with Gasteiger partial charge in [-0.1, -0.05) is 0 Å². The summed E-state index contributed by atoms with van der Waals surface area (Å²) in [5.41, 5.74) is 10.6. The first kappa shape index (κ1) is 19.0. The molecule has 0 amide bonds. The lowest BCUT2D eigenvalue weighted by Crippen LogP contribution is -2.32. The molecule has 0 spiro atoms. The third kappa shape index (κ3) is 17.0. The fourth-order valence-corrected chi connectivity index (χ4v) is 1.08. The van der Waals surface area contributed by atoms with E-state index in [1.165, 1.54) is 20.8 Å². The molecule has 0 aliphatic rings. The number of Topliss-reactive ketones (excluding diaryl/α,β-unsaturated/α-hetero) is 4. The molecule has 6 nitrogen and oxygen atoms in total. The smallest absolute Gasteiger partial charge is 0.141 e. The highest BCUT2D eigenvalue weighted by atomic mass is 16.2. The molecule has 104 valence electrons. The van der Waals surface area contributed by atoms with Crippen LogP contribution in [0.1, 0.15) is 40.0 Å². The summed E-state index contributed by atoms with van der Waals surface area (Å²) in [6.07, 6.45) is 0.268. The third-order valence-corrected chi connectivity index (χ3v) is 1.74. The Morgan fingerprint density at radius 3 is 1.50 bits per heavy atom. The van der Waals surface area contributed by atoms with E-state index in [1.807, 2.05) is 0 Å². The zero-order valence-corrected chi connectivity index (χ0v) is 11.2. The van der Waals surface area contributed by atoms with Gasteiger partial charge in [-0.25, -0.2) is 0 Å². The molecule has 6 heteroatoms. The molecule has 0 rings (SSSR count). The minimum absolute atomic E-state index is 0.0201. The molecule has 0 aromatic carbocycles. The number of hydrogen-bond donors (Lipinski definition) is 2. The highest BCUT2D eigenvalue weighted by Gasteiger charge is 2.09. The van der Waals surface area contributed by atoms with E-state index in [0.29, 0.717) is 0 Å². The van der Waals surface area contributed by atoms with E-state index in [1.54, 1.807) is 0 Å². The fourth-order valence-electron chi connectivity index (χ4n) is 1.08. The molecule has 0 aromatic rings. The molecule has 0 saturated heterocycles. The van der Waals surface area contributed by atoms with Crippen LogP contribution in [0.4, 0.5) is 0 Å². The maximum atomic E-state index is 10.9. The summed E-state index contributed by atoms with van der Waals surface area (Å²) in [7, 11) is 0. The molecule has 0 aromatic heterocycles. The van der Waals surface area contributed by atoms with Crippen molar-refractivity contribution in [3.05, 3.63) is 0 Å². The summed E-state index contributed by atoms with van der Waals surface area (Å²) >= 11 is 0. The van der Waals surface area contributed by atoms with Crippen LogP contribution < -0.4 is 11.5 Å². The van der Waals surface area contributed by atoms with E-state index >= 15 is 0 Å². The predicted molar refractivity (Wildman–Crippen MR) is 67.9 cm³/mol. The molecule has 1 atom stereocenters. The van der Waals surface area contributed by atoms with Crippen LogP contribution in [0.2, 0.25) is 0 Å². The molecule has 0 fully saturated rings. The van der Waals surface area contributed by atoms with Crippen LogP contribution in [0.3, 0.4) is 0 Å². The summed E-state index contributed by atoms with van der Waals surface area (Å²) < 4.78 is 0. The third-order valence-electron chi connectivity index (χ3n) is 1.74. The maximum absolute atomic E-state index is 10.9. The Hall–Kier alpha value is -1.40. The lowest BCUT2D eigenvalue weighted by molar-refractivity contribution is -0.127. The van der Waals surface area contributed by atoms with Crippen molar-refractivity contribution in [2.24, 2.45) is 11.5 Å². The number of ketones is 4. The lowest BCUT2D eigenvalue weighted by Gasteiger charge is -2.05.